The van der Waals surface area contributed by atoms with Crippen molar-refractivity contribution >= 4 is 0 Å². The van der Waals surface area contributed by atoms with Gasteiger partial charge in [0.1, 0.15) is 0 Å². The molecule has 0 amide bonds. The Hall–Kier alpha value is -0.160. The molecule has 1 rings (SSSR count). The molecular weight excluding hydrogens is 242 g/mol. The molecule has 2 N–H and O–H groups in total. The summed E-state index contributed by atoms with van der Waals surface area (Å²) in [7, 11) is 1.69. The summed E-state index contributed by atoms with van der Waals surface area (Å²) in [5.41, 5.74) is 0.160. The molecule has 4 heteroatoms. The maximum atomic E-state index is 9.59. The van der Waals surface area contributed by atoms with Gasteiger partial charge in [-0.1, -0.05) is 19.3 Å². The minimum atomic E-state index is 0.160. The zero-order valence-electron chi connectivity index (χ0n) is 12.5. The first kappa shape index (κ1) is 16.9. The third-order valence-corrected chi connectivity index (χ3v) is 4.07. The Bertz CT molecular complexity index is 206. The monoisotopic (exact) mass is 273 g/mol. The first-order valence-electron chi connectivity index (χ1n) is 7.71. The number of hydrogen-bond donors (Lipinski definition) is 2. The number of rotatable bonds is 11. The van der Waals surface area contributed by atoms with E-state index in [-0.39, 0.29) is 5.41 Å². The van der Waals surface area contributed by atoms with Gasteiger partial charge in [0.05, 0.1) is 13.2 Å². The van der Waals surface area contributed by atoms with Crippen LogP contribution in [0.4, 0.5) is 0 Å². The predicted octanol–water partition coefficient (Wildman–Crippen LogP) is 1.96. The molecule has 1 aliphatic carbocycles. The van der Waals surface area contributed by atoms with E-state index >= 15 is 0 Å². The van der Waals surface area contributed by atoms with Crippen LogP contribution in [0.2, 0.25) is 0 Å². The summed E-state index contributed by atoms with van der Waals surface area (Å²) in [6.45, 7) is 4.51. The first-order valence-corrected chi connectivity index (χ1v) is 7.71. The van der Waals surface area contributed by atoms with Crippen LogP contribution in [0, 0.1) is 5.41 Å². The van der Waals surface area contributed by atoms with Gasteiger partial charge in [-0.25, -0.2) is 0 Å². The average Bonchev–Trinajstić information content (AvgIpc) is 2.46. The highest BCUT2D eigenvalue weighted by atomic mass is 16.5. The van der Waals surface area contributed by atoms with Gasteiger partial charge in [-0.3, -0.25) is 0 Å². The standard InChI is InChI=1S/C15H31NO3/c1-18-11-12-19-10-6-5-9-16-13-15(14-17)7-3-2-4-8-15/h16-17H,2-14H2,1H3. The molecule has 0 radical (unpaired) electrons. The van der Waals surface area contributed by atoms with Crippen LogP contribution in [0.3, 0.4) is 0 Å². The smallest absolute Gasteiger partial charge is 0.0700 e. The quantitative estimate of drug-likeness (QED) is 0.565. The lowest BCUT2D eigenvalue weighted by Crippen LogP contribution is -2.39. The first-order chi connectivity index (χ1) is 9.33. The van der Waals surface area contributed by atoms with Gasteiger partial charge in [0.15, 0.2) is 0 Å². The Morgan fingerprint density at radius 3 is 2.53 bits per heavy atom. The second kappa shape index (κ2) is 10.6. The summed E-state index contributed by atoms with van der Waals surface area (Å²) in [5, 5.41) is 13.1. The van der Waals surface area contributed by atoms with Gasteiger partial charge in [-0.15, -0.1) is 0 Å². The van der Waals surface area contributed by atoms with Crippen LogP contribution in [-0.4, -0.2) is 51.7 Å². The van der Waals surface area contributed by atoms with Crippen LogP contribution >= 0.6 is 0 Å². The largest absolute Gasteiger partial charge is 0.396 e. The van der Waals surface area contributed by atoms with Crippen molar-refractivity contribution in [2.24, 2.45) is 5.41 Å². The van der Waals surface area contributed by atoms with Gasteiger partial charge in [-0.2, -0.15) is 0 Å². The Morgan fingerprint density at radius 2 is 1.84 bits per heavy atom. The van der Waals surface area contributed by atoms with E-state index in [4.69, 9.17) is 9.47 Å². The highest BCUT2D eigenvalue weighted by Crippen LogP contribution is 2.35. The van der Waals surface area contributed by atoms with Crippen LogP contribution in [-0.2, 0) is 9.47 Å². The van der Waals surface area contributed by atoms with E-state index in [9.17, 15) is 5.11 Å². The Kier molecular flexibility index (Phi) is 9.43. The topological polar surface area (TPSA) is 50.7 Å². The Morgan fingerprint density at radius 1 is 1.05 bits per heavy atom. The summed E-state index contributed by atoms with van der Waals surface area (Å²) in [4.78, 5) is 0. The van der Waals surface area contributed by atoms with Crippen LogP contribution in [0.5, 0.6) is 0 Å². The fourth-order valence-corrected chi connectivity index (χ4v) is 2.74. The van der Waals surface area contributed by atoms with Crippen molar-refractivity contribution in [3.63, 3.8) is 0 Å². The lowest BCUT2D eigenvalue weighted by atomic mass is 9.74. The SMILES string of the molecule is COCCOCCCCNCC1(CO)CCCCC1. The zero-order valence-corrected chi connectivity index (χ0v) is 12.5. The maximum Gasteiger partial charge on any atom is 0.0700 e. The summed E-state index contributed by atoms with van der Waals surface area (Å²) < 4.78 is 10.3. The maximum absolute atomic E-state index is 9.59. The summed E-state index contributed by atoms with van der Waals surface area (Å²) in [6.07, 6.45) is 8.45. The van der Waals surface area contributed by atoms with Crippen molar-refractivity contribution in [1.29, 1.82) is 0 Å². The predicted molar refractivity (Wildman–Crippen MR) is 77.4 cm³/mol. The van der Waals surface area contributed by atoms with E-state index in [1.54, 1.807) is 7.11 Å². The molecule has 0 unspecified atom stereocenters. The van der Waals surface area contributed by atoms with Gasteiger partial charge in [-0.05, 0) is 32.2 Å². The van der Waals surface area contributed by atoms with Crippen molar-refractivity contribution in [2.75, 3.05) is 46.6 Å². The number of unbranched alkanes of at least 4 members (excludes halogenated alkanes) is 1. The van der Waals surface area contributed by atoms with E-state index in [1.807, 2.05) is 0 Å². The average molecular weight is 273 g/mol. The second-order valence-corrected chi connectivity index (χ2v) is 5.71. The molecule has 4 nitrogen and oxygen atoms in total. The fraction of sp³-hybridized carbons (Fsp3) is 1.00. The fourth-order valence-electron chi connectivity index (χ4n) is 2.74. The van der Waals surface area contributed by atoms with E-state index < -0.39 is 0 Å². The van der Waals surface area contributed by atoms with Crippen molar-refractivity contribution < 1.29 is 14.6 Å². The molecular formula is C15H31NO3. The highest BCUT2D eigenvalue weighted by Gasteiger charge is 2.30. The molecule has 0 atom stereocenters. The van der Waals surface area contributed by atoms with Crippen LogP contribution < -0.4 is 5.32 Å². The normalized spacial score (nSPS) is 18.6. The minimum Gasteiger partial charge on any atom is -0.396 e. The van der Waals surface area contributed by atoms with Crippen LogP contribution in [0.15, 0.2) is 0 Å². The number of nitrogens with one attached hydrogen (secondary N) is 1. The number of methoxy groups -OCH3 is 1. The molecule has 114 valence electrons. The van der Waals surface area contributed by atoms with E-state index in [0.717, 1.165) is 32.5 Å². The second-order valence-electron chi connectivity index (χ2n) is 5.71. The van der Waals surface area contributed by atoms with Gasteiger partial charge < -0.3 is 19.9 Å². The zero-order chi connectivity index (χ0) is 13.8. The van der Waals surface area contributed by atoms with E-state index in [0.29, 0.717) is 19.8 Å². The third kappa shape index (κ3) is 7.25. The van der Waals surface area contributed by atoms with Crippen molar-refractivity contribution in [3.8, 4) is 0 Å². The van der Waals surface area contributed by atoms with Crippen molar-refractivity contribution in [2.45, 2.75) is 44.9 Å². The van der Waals surface area contributed by atoms with Crippen LogP contribution in [0.1, 0.15) is 44.9 Å². The van der Waals surface area contributed by atoms with Crippen LogP contribution in [0.25, 0.3) is 0 Å². The Balaban J connectivity index is 1.94. The molecule has 1 fully saturated rings. The molecule has 0 aliphatic heterocycles. The molecule has 1 aliphatic rings. The number of aliphatic hydroxyl groups excluding tert-OH is 1. The molecule has 19 heavy (non-hydrogen) atoms. The molecule has 0 bridgehead atoms. The minimum absolute atomic E-state index is 0.160. The van der Waals surface area contributed by atoms with Crippen molar-refractivity contribution in [3.05, 3.63) is 0 Å². The molecule has 0 heterocycles. The molecule has 0 aromatic heterocycles. The highest BCUT2D eigenvalue weighted by molar-refractivity contribution is 4.84. The summed E-state index contributed by atoms with van der Waals surface area (Å²) in [5.74, 6) is 0. The molecule has 0 saturated heterocycles. The van der Waals surface area contributed by atoms with Gasteiger partial charge >= 0.3 is 0 Å². The number of hydrogen-bond acceptors (Lipinski definition) is 4. The summed E-state index contributed by atoms with van der Waals surface area (Å²) >= 11 is 0. The van der Waals surface area contributed by atoms with E-state index in [2.05, 4.69) is 5.32 Å². The van der Waals surface area contributed by atoms with Gasteiger partial charge in [0.25, 0.3) is 0 Å². The van der Waals surface area contributed by atoms with Gasteiger partial charge in [0, 0.05) is 32.3 Å². The third-order valence-electron chi connectivity index (χ3n) is 4.07. The van der Waals surface area contributed by atoms with E-state index in [1.165, 1.54) is 32.1 Å². The number of aliphatic hydroxyl groups is 1. The molecule has 0 spiro atoms. The Labute approximate surface area is 117 Å². The lowest BCUT2D eigenvalue weighted by molar-refractivity contribution is 0.0677. The summed E-state index contributed by atoms with van der Waals surface area (Å²) in [6, 6.07) is 0. The lowest BCUT2D eigenvalue weighted by Gasteiger charge is -2.35. The molecule has 0 aromatic carbocycles. The van der Waals surface area contributed by atoms with Crippen molar-refractivity contribution in [1.82, 2.24) is 5.32 Å². The van der Waals surface area contributed by atoms with Gasteiger partial charge in [0.2, 0.25) is 0 Å². The molecule has 0 aromatic rings. The molecule has 1 saturated carbocycles. The number of ether oxygens (including phenoxy) is 2.